The number of nitrogens with zero attached hydrogens (tertiary/aromatic N) is 2. The Bertz CT molecular complexity index is 338. The predicted octanol–water partition coefficient (Wildman–Crippen LogP) is 3.01. The predicted molar refractivity (Wildman–Crippen MR) is 104 cm³/mol. The zero-order valence-electron chi connectivity index (χ0n) is 16.5. The van der Waals surface area contributed by atoms with Crippen molar-refractivity contribution < 1.29 is 4.74 Å². The highest BCUT2D eigenvalue weighted by Gasteiger charge is 2.34. The summed E-state index contributed by atoms with van der Waals surface area (Å²) in [7, 11) is 6.19. The standard InChI is InChI=1S/C19H40N4O/c1-5-6-7-8-9-10-11-14-21-18(20-2)22-17-19(23(3)4)12-15-24-16-13-19/h5-17H2,1-4H3,(H2,20,21,22). The van der Waals surface area contributed by atoms with Crippen LogP contribution in [0.15, 0.2) is 4.99 Å². The summed E-state index contributed by atoms with van der Waals surface area (Å²) in [5.74, 6) is 0.925. The Labute approximate surface area is 149 Å². The molecule has 0 aromatic carbocycles. The average Bonchev–Trinajstić information content (AvgIpc) is 2.60. The summed E-state index contributed by atoms with van der Waals surface area (Å²) in [5.41, 5.74) is 0.176. The zero-order chi connectivity index (χ0) is 17.7. The number of guanidine groups is 1. The molecule has 2 N–H and O–H groups in total. The van der Waals surface area contributed by atoms with Crippen LogP contribution in [0.3, 0.4) is 0 Å². The largest absolute Gasteiger partial charge is 0.381 e. The van der Waals surface area contributed by atoms with Gasteiger partial charge in [-0.15, -0.1) is 0 Å². The Hall–Kier alpha value is -0.810. The highest BCUT2D eigenvalue weighted by atomic mass is 16.5. The van der Waals surface area contributed by atoms with Crippen molar-refractivity contribution in [1.82, 2.24) is 15.5 Å². The molecule has 1 rings (SSSR count). The lowest BCUT2D eigenvalue weighted by atomic mass is 9.88. The van der Waals surface area contributed by atoms with Gasteiger partial charge in [0.2, 0.25) is 0 Å². The smallest absolute Gasteiger partial charge is 0.191 e. The molecule has 0 bridgehead atoms. The number of ether oxygens (including phenoxy) is 1. The first kappa shape index (κ1) is 21.2. The van der Waals surface area contributed by atoms with Crippen LogP contribution in [-0.4, -0.2) is 63.8 Å². The lowest BCUT2D eigenvalue weighted by Gasteiger charge is -2.43. The number of rotatable bonds is 11. The van der Waals surface area contributed by atoms with Crippen LogP contribution < -0.4 is 10.6 Å². The molecule has 5 heteroatoms. The van der Waals surface area contributed by atoms with Crippen molar-refractivity contribution in [3.63, 3.8) is 0 Å². The lowest BCUT2D eigenvalue weighted by Crippen LogP contribution is -2.57. The van der Waals surface area contributed by atoms with Crippen LogP contribution in [0.1, 0.15) is 64.7 Å². The van der Waals surface area contributed by atoms with Crippen LogP contribution in [0, 0.1) is 0 Å². The van der Waals surface area contributed by atoms with Gasteiger partial charge in [-0.1, -0.05) is 45.4 Å². The Kier molecular flexibility index (Phi) is 11.1. The molecular formula is C19H40N4O. The number of likely N-dealkylation sites (N-methyl/N-ethyl adjacent to an activating group) is 1. The molecule has 1 saturated heterocycles. The van der Waals surface area contributed by atoms with E-state index in [4.69, 9.17) is 4.74 Å². The van der Waals surface area contributed by atoms with Gasteiger partial charge in [-0.3, -0.25) is 4.99 Å². The molecule has 0 saturated carbocycles. The molecule has 1 fully saturated rings. The zero-order valence-corrected chi connectivity index (χ0v) is 16.5. The maximum absolute atomic E-state index is 5.53. The van der Waals surface area contributed by atoms with Crippen LogP contribution in [0.5, 0.6) is 0 Å². The molecule has 0 atom stereocenters. The van der Waals surface area contributed by atoms with Gasteiger partial charge in [-0.2, -0.15) is 0 Å². The summed E-state index contributed by atoms with van der Waals surface area (Å²) in [6.07, 6.45) is 11.5. The SMILES string of the molecule is CCCCCCCCCNC(=NC)NCC1(N(C)C)CCOCC1. The second-order valence-corrected chi connectivity index (χ2v) is 7.21. The Morgan fingerprint density at radius 2 is 1.62 bits per heavy atom. The number of hydrogen-bond acceptors (Lipinski definition) is 3. The Morgan fingerprint density at radius 1 is 1.00 bits per heavy atom. The fraction of sp³-hybridized carbons (Fsp3) is 0.947. The molecule has 0 spiro atoms. The van der Waals surface area contributed by atoms with Gasteiger partial charge in [-0.05, 0) is 33.4 Å². The maximum atomic E-state index is 5.53. The Morgan fingerprint density at radius 3 is 2.21 bits per heavy atom. The molecule has 0 aliphatic carbocycles. The Balaban J connectivity index is 2.20. The van der Waals surface area contributed by atoms with Gasteiger partial charge in [0.15, 0.2) is 5.96 Å². The van der Waals surface area contributed by atoms with Crippen molar-refractivity contribution in [2.75, 3.05) is 47.4 Å². The molecule has 5 nitrogen and oxygen atoms in total. The highest BCUT2D eigenvalue weighted by Crippen LogP contribution is 2.24. The van der Waals surface area contributed by atoms with Crippen molar-refractivity contribution >= 4 is 5.96 Å². The van der Waals surface area contributed by atoms with Crippen LogP contribution in [0.4, 0.5) is 0 Å². The summed E-state index contributed by atoms with van der Waals surface area (Å²) in [4.78, 5) is 6.71. The number of unbranched alkanes of at least 4 members (excludes halogenated alkanes) is 6. The molecule has 0 aromatic rings. The van der Waals surface area contributed by atoms with Crippen LogP contribution in [-0.2, 0) is 4.74 Å². The number of aliphatic imine (C=N–C) groups is 1. The third-order valence-electron chi connectivity index (χ3n) is 5.25. The third kappa shape index (κ3) is 7.84. The minimum atomic E-state index is 0.176. The van der Waals surface area contributed by atoms with Gasteiger partial charge < -0.3 is 20.3 Å². The lowest BCUT2D eigenvalue weighted by molar-refractivity contribution is -0.00501. The molecule has 0 unspecified atom stereocenters. The van der Waals surface area contributed by atoms with Crippen LogP contribution >= 0.6 is 0 Å². The second-order valence-electron chi connectivity index (χ2n) is 7.21. The van der Waals surface area contributed by atoms with E-state index in [-0.39, 0.29) is 5.54 Å². The van der Waals surface area contributed by atoms with Gasteiger partial charge in [0.05, 0.1) is 0 Å². The number of nitrogens with one attached hydrogen (secondary N) is 2. The summed E-state index contributed by atoms with van der Waals surface area (Å²) >= 11 is 0. The minimum absolute atomic E-state index is 0.176. The van der Waals surface area contributed by atoms with E-state index in [2.05, 4.69) is 41.5 Å². The van der Waals surface area contributed by atoms with Crippen molar-refractivity contribution in [3.05, 3.63) is 0 Å². The molecule has 0 amide bonds. The van der Waals surface area contributed by atoms with E-state index >= 15 is 0 Å². The summed E-state index contributed by atoms with van der Waals surface area (Å²) in [5, 5.41) is 6.98. The molecule has 0 aromatic heterocycles. The summed E-state index contributed by atoms with van der Waals surface area (Å²) in [6.45, 7) is 5.89. The first-order valence-corrected chi connectivity index (χ1v) is 9.84. The quantitative estimate of drug-likeness (QED) is 0.345. The first-order chi connectivity index (χ1) is 11.6. The first-order valence-electron chi connectivity index (χ1n) is 9.84. The molecule has 1 heterocycles. The van der Waals surface area contributed by atoms with E-state index in [0.29, 0.717) is 0 Å². The van der Waals surface area contributed by atoms with E-state index < -0.39 is 0 Å². The molecule has 1 aliphatic heterocycles. The van der Waals surface area contributed by atoms with Crippen molar-refractivity contribution in [2.24, 2.45) is 4.99 Å². The third-order valence-corrected chi connectivity index (χ3v) is 5.25. The van der Waals surface area contributed by atoms with E-state index in [9.17, 15) is 0 Å². The molecule has 24 heavy (non-hydrogen) atoms. The summed E-state index contributed by atoms with van der Waals surface area (Å²) in [6, 6.07) is 0. The number of hydrogen-bond donors (Lipinski definition) is 2. The van der Waals surface area contributed by atoms with Crippen molar-refractivity contribution in [3.8, 4) is 0 Å². The summed E-state index contributed by atoms with van der Waals surface area (Å²) < 4.78 is 5.53. The van der Waals surface area contributed by atoms with Gasteiger partial charge in [0.25, 0.3) is 0 Å². The van der Waals surface area contributed by atoms with Crippen molar-refractivity contribution in [1.29, 1.82) is 0 Å². The van der Waals surface area contributed by atoms with Gasteiger partial charge in [0, 0.05) is 38.9 Å². The minimum Gasteiger partial charge on any atom is -0.381 e. The average molecular weight is 341 g/mol. The molecule has 142 valence electrons. The van der Waals surface area contributed by atoms with Gasteiger partial charge in [0.1, 0.15) is 0 Å². The van der Waals surface area contributed by atoms with E-state index in [1.54, 1.807) is 0 Å². The molecule has 1 aliphatic rings. The van der Waals surface area contributed by atoms with Crippen LogP contribution in [0.2, 0.25) is 0 Å². The molecule has 0 radical (unpaired) electrons. The highest BCUT2D eigenvalue weighted by molar-refractivity contribution is 5.79. The van der Waals surface area contributed by atoms with E-state index in [1.807, 2.05) is 7.05 Å². The van der Waals surface area contributed by atoms with E-state index in [0.717, 1.165) is 45.1 Å². The fourth-order valence-corrected chi connectivity index (χ4v) is 3.29. The fourth-order valence-electron chi connectivity index (χ4n) is 3.29. The second kappa shape index (κ2) is 12.5. The van der Waals surface area contributed by atoms with Gasteiger partial charge >= 0.3 is 0 Å². The van der Waals surface area contributed by atoms with E-state index in [1.165, 1.54) is 44.9 Å². The normalized spacial score (nSPS) is 18.0. The monoisotopic (exact) mass is 340 g/mol. The maximum Gasteiger partial charge on any atom is 0.191 e. The molecular weight excluding hydrogens is 300 g/mol. The van der Waals surface area contributed by atoms with Gasteiger partial charge in [-0.25, -0.2) is 0 Å². The van der Waals surface area contributed by atoms with Crippen molar-refractivity contribution in [2.45, 2.75) is 70.3 Å². The van der Waals surface area contributed by atoms with Crippen LogP contribution in [0.25, 0.3) is 0 Å². The topological polar surface area (TPSA) is 48.9 Å².